The van der Waals surface area contributed by atoms with Crippen molar-refractivity contribution in [3.63, 3.8) is 0 Å². The topological polar surface area (TPSA) is 73.9 Å². The second kappa shape index (κ2) is 8.69. The Kier molecular flexibility index (Phi) is 5.66. The summed E-state index contributed by atoms with van der Waals surface area (Å²) in [6.07, 6.45) is -2.08. The van der Waals surface area contributed by atoms with E-state index in [1.54, 1.807) is 54.6 Å². The maximum atomic E-state index is 13.0. The normalized spacial score (nSPS) is 15.7. The Bertz CT molecular complexity index is 1030. The Labute approximate surface area is 174 Å². The molecule has 1 heterocycles. The zero-order valence-electron chi connectivity index (χ0n) is 16.4. The number of amides is 1. The molecule has 0 radical (unpaired) electrons. The summed E-state index contributed by atoms with van der Waals surface area (Å²) < 4.78 is 16.9. The predicted octanol–water partition coefficient (Wildman–Crippen LogP) is 4.06. The fourth-order valence-corrected chi connectivity index (χ4v) is 3.07. The first-order chi connectivity index (χ1) is 14.6. The number of benzene rings is 3. The average Bonchev–Trinajstić information content (AvgIpc) is 2.79. The summed E-state index contributed by atoms with van der Waals surface area (Å²) in [4.78, 5) is 25.7. The number of carbonyl (C=O) groups excluding carboxylic acids is 2. The highest BCUT2D eigenvalue weighted by atomic mass is 16.6. The lowest BCUT2D eigenvalue weighted by Crippen LogP contribution is -2.39. The summed E-state index contributed by atoms with van der Waals surface area (Å²) >= 11 is 0. The van der Waals surface area contributed by atoms with E-state index in [4.69, 9.17) is 14.2 Å². The number of carbonyl (C=O) groups is 2. The number of aryl methyl sites for hydroxylation is 1. The van der Waals surface area contributed by atoms with E-state index in [0.29, 0.717) is 22.7 Å². The van der Waals surface area contributed by atoms with Crippen LogP contribution in [0.25, 0.3) is 0 Å². The molecule has 4 rings (SSSR count). The van der Waals surface area contributed by atoms with Gasteiger partial charge in [0, 0.05) is 11.3 Å². The van der Waals surface area contributed by atoms with Crippen LogP contribution in [0.5, 0.6) is 11.5 Å². The fourth-order valence-electron chi connectivity index (χ4n) is 3.07. The van der Waals surface area contributed by atoms with Crippen molar-refractivity contribution < 1.29 is 23.8 Å². The number of nitrogens with one attached hydrogen (secondary N) is 1. The van der Waals surface area contributed by atoms with E-state index in [1.165, 1.54) is 0 Å². The van der Waals surface area contributed by atoms with Gasteiger partial charge in [-0.1, -0.05) is 60.2 Å². The van der Waals surface area contributed by atoms with Gasteiger partial charge in [0.1, 0.15) is 6.61 Å². The standard InChI is InChI=1S/C24H21NO5/c1-16-11-13-18(14-12-16)25-23(26)22(17-7-3-2-4-8-17)30-24(27)21-15-28-19-9-5-6-10-20(19)29-21/h2-14,21-22H,15H2,1H3,(H,25,26)/t21-,22-/m0/s1. The third-order valence-corrected chi connectivity index (χ3v) is 4.67. The van der Waals surface area contributed by atoms with Crippen molar-refractivity contribution in [1.29, 1.82) is 0 Å². The van der Waals surface area contributed by atoms with Crippen molar-refractivity contribution in [3.05, 3.63) is 90.0 Å². The zero-order chi connectivity index (χ0) is 20.9. The number of anilines is 1. The minimum absolute atomic E-state index is 0.0109. The minimum Gasteiger partial charge on any atom is -0.485 e. The van der Waals surface area contributed by atoms with Crippen LogP contribution in [-0.2, 0) is 14.3 Å². The molecule has 0 spiro atoms. The molecule has 152 valence electrons. The Morgan fingerprint density at radius 1 is 0.933 bits per heavy atom. The molecule has 0 unspecified atom stereocenters. The largest absolute Gasteiger partial charge is 0.485 e. The zero-order valence-corrected chi connectivity index (χ0v) is 16.4. The van der Waals surface area contributed by atoms with Crippen LogP contribution in [0.3, 0.4) is 0 Å². The van der Waals surface area contributed by atoms with Crippen LogP contribution >= 0.6 is 0 Å². The van der Waals surface area contributed by atoms with E-state index in [2.05, 4.69) is 5.32 Å². The minimum atomic E-state index is -1.12. The molecule has 6 heteroatoms. The summed E-state index contributed by atoms with van der Waals surface area (Å²) in [6, 6.07) is 23.3. The summed E-state index contributed by atoms with van der Waals surface area (Å²) in [5.41, 5.74) is 2.26. The van der Waals surface area contributed by atoms with Gasteiger partial charge in [0.2, 0.25) is 12.2 Å². The summed E-state index contributed by atoms with van der Waals surface area (Å²) in [5, 5.41) is 2.80. The SMILES string of the molecule is Cc1ccc(NC(=O)[C@@H](OC(=O)[C@@H]2COc3ccccc3O2)c2ccccc2)cc1. The fraction of sp³-hybridized carbons (Fsp3) is 0.167. The number of rotatable bonds is 5. The monoisotopic (exact) mass is 403 g/mol. The molecule has 1 amide bonds. The van der Waals surface area contributed by atoms with Crippen molar-refractivity contribution in [1.82, 2.24) is 0 Å². The number of hydrogen-bond donors (Lipinski definition) is 1. The van der Waals surface area contributed by atoms with Gasteiger partial charge in [0.15, 0.2) is 11.5 Å². The molecule has 0 saturated carbocycles. The number of fused-ring (bicyclic) bond motifs is 1. The summed E-state index contributed by atoms with van der Waals surface area (Å²) in [6.45, 7) is 1.97. The molecular weight excluding hydrogens is 382 g/mol. The maximum Gasteiger partial charge on any atom is 0.352 e. The molecule has 0 bridgehead atoms. The van der Waals surface area contributed by atoms with E-state index in [1.807, 2.05) is 31.2 Å². The number of esters is 1. The van der Waals surface area contributed by atoms with Gasteiger partial charge in [-0.05, 0) is 31.2 Å². The van der Waals surface area contributed by atoms with Gasteiger partial charge in [-0.15, -0.1) is 0 Å². The van der Waals surface area contributed by atoms with Crippen LogP contribution in [0.4, 0.5) is 5.69 Å². The highest BCUT2D eigenvalue weighted by Gasteiger charge is 2.33. The van der Waals surface area contributed by atoms with Gasteiger partial charge in [-0.3, -0.25) is 4.79 Å². The van der Waals surface area contributed by atoms with Gasteiger partial charge in [0.05, 0.1) is 0 Å². The molecule has 0 fully saturated rings. The molecule has 0 saturated heterocycles. The number of ether oxygens (including phenoxy) is 3. The molecule has 0 aromatic heterocycles. The van der Waals surface area contributed by atoms with Gasteiger partial charge in [0.25, 0.3) is 5.91 Å². The van der Waals surface area contributed by atoms with E-state index in [9.17, 15) is 9.59 Å². The predicted molar refractivity (Wildman–Crippen MR) is 111 cm³/mol. The Morgan fingerprint density at radius 3 is 2.33 bits per heavy atom. The molecule has 1 aliphatic rings. The quantitative estimate of drug-likeness (QED) is 0.651. The van der Waals surface area contributed by atoms with Crippen molar-refractivity contribution in [2.75, 3.05) is 11.9 Å². The molecule has 3 aromatic carbocycles. The lowest BCUT2D eigenvalue weighted by Gasteiger charge is -2.26. The molecule has 3 aromatic rings. The van der Waals surface area contributed by atoms with Crippen LogP contribution in [0.15, 0.2) is 78.9 Å². The van der Waals surface area contributed by atoms with Crippen LogP contribution in [0.1, 0.15) is 17.2 Å². The Balaban J connectivity index is 1.51. The second-order valence-corrected chi connectivity index (χ2v) is 6.95. The highest BCUT2D eigenvalue weighted by Crippen LogP contribution is 2.32. The van der Waals surface area contributed by atoms with Crippen molar-refractivity contribution in [2.45, 2.75) is 19.1 Å². The van der Waals surface area contributed by atoms with Crippen LogP contribution < -0.4 is 14.8 Å². The molecular formula is C24H21NO5. The lowest BCUT2D eigenvalue weighted by molar-refractivity contribution is -0.164. The Morgan fingerprint density at radius 2 is 1.60 bits per heavy atom. The molecule has 30 heavy (non-hydrogen) atoms. The molecule has 1 aliphatic heterocycles. The summed E-state index contributed by atoms with van der Waals surface area (Å²) in [5.74, 6) is -0.0858. The van der Waals surface area contributed by atoms with Crippen LogP contribution in [0.2, 0.25) is 0 Å². The van der Waals surface area contributed by atoms with E-state index >= 15 is 0 Å². The molecule has 0 aliphatic carbocycles. The van der Waals surface area contributed by atoms with E-state index in [-0.39, 0.29) is 6.61 Å². The van der Waals surface area contributed by atoms with Gasteiger partial charge in [-0.2, -0.15) is 0 Å². The van der Waals surface area contributed by atoms with Crippen molar-refractivity contribution in [3.8, 4) is 11.5 Å². The molecule has 6 nitrogen and oxygen atoms in total. The highest BCUT2D eigenvalue weighted by molar-refractivity contribution is 5.96. The maximum absolute atomic E-state index is 13.0. The van der Waals surface area contributed by atoms with Crippen molar-refractivity contribution >= 4 is 17.6 Å². The summed E-state index contributed by atoms with van der Waals surface area (Å²) in [7, 11) is 0. The first kappa shape index (κ1) is 19.5. The second-order valence-electron chi connectivity index (χ2n) is 6.95. The smallest absolute Gasteiger partial charge is 0.352 e. The third kappa shape index (κ3) is 4.43. The Hall–Kier alpha value is -3.80. The number of para-hydroxylation sites is 2. The number of hydrogen-bond acceptors (Lipinski definition) is 5. The first-order valence-corrected chi connectivity index (χ1v) is 9.61. The van der Waals surface area contributed by atoms with Gasteiger partial charge in [-0.25, -0.2) is 4.79 Å². The molecule has 2 atom stereocenters. The van der Waals surface area contributed by atoms with E-state index in [0.717, 1.165) is 5.56 Å². The lowest BCUT2D eigenvalue weighted by atomic mass is 10.1. The van der Waals surface area contributed by atoms with E-state index < -0.39 is 24.1 Å². The third-order valence-electron chi connectivity index (χ3n) is 4.67. The van der Waals surface area contributed by atoms with Crippen molar-refractivity contribution in [2.24, 2.45) is 0 Å². The van der Waals surface area contributed by atoms with Crippen LogP contribution in [-0.4, -0.2) is 24.6 Å². The van der Waals surface area contributed by atoms with Crippen LogP contribution in [0, 0.1) is 6.92 Å². The first-order valence-electron chi connectivity index (χ1n) is 9.61. The van der Waals surface area contributed by atoms with Gasteiger partial charge >= 0.3 is 5.97 Å². The van der Waals surface area contributed by atoms with Gasteiger partial charge < -0.3 is 19.5 Å². The average molecular weight is 403 g/mol. The molecule has 1 N–H and O–H groups in total.